The second kappa shape index (κ2) is 5.76. The molecule has 0 bridgehead atoms. The van der Waals surface area contributed by atoms with Gasteiger partial charge in [0.25, 0.3) is 0 Å². The highest BCUT2D eigenvalue weighted by molar-refractivity contribution is 5.64. The lowest BCUT2D eigenvalue weighted by Gasteiger charge is -2.31. The van der Waals surface area contributed by atoms with Gasteiger partial charge in [0.15, 0.2) is 0 Å². The Bertz CT molecular complexity index is 625. The Morgan fingerprint density at radius 1 is 0.864 bits per heavy atom. The fourth-order valence-electron chi connectivity index (χ4n) is 2.82. The lowest BCUT2D eigenvalue weighted by molar-refractivity contribution is -0.137. The number of nitrogens with two attached hydrogens (primary N) is 1. The van der Waals surface area contributed by atoms with Crippen LogP contribution in [-0.4, -0.2) is 0 Å². The molecule has 2 N–H and O–H groups in total. The van der Waals surface area contributed by atoms with Crippen LogP contribution in [-0.2, 0) is 6.18 Å². The normalized spacial score (nSPS) is 17.1. The molecular formula is C18H18F3N. The van der Waals surface area contributed by atoms with E-state index in [0.29, 0.717) is 5.92 Å². The lowest BCUT2D eigenvalue weighted by atomic mass is 9.77. The molecule has 0 aliphatic heterocycles. The molecule has 2 aromatic carbocycles. The zero-order valence-electron chi connectivity index (χ0n) is 12.1. The molecule has 4 heteroatoms. The largest absolute Gasteiger partial charge is 0.416 e. The standard InChI is InChI=1S/C18H18F3N/c19-18(20,21)16-10-8-13(9-11-16)12-4-6-15(7-5-12)17(22)14-2-1-3-14/h4-11,14,17H,1-3,22H2. The Labute approximate surface area is 128 Å². The van der Waals surface area contributed by atoms with Gasteiger partial charge < -0.3 is 5.73 Å². The molecule has 1 fully saturated rings. The fraction of sp³-hybridized carbons (Fsp3) is 0.333. The van der Waals surface area contributed by atoms with Gasteiger partial charge in [-0.2, -0.15) is 13.2 Å². The Kier molecular flexibility index (Phi) is 3.96. The van der Waals surface area contributed by atoms with Gasteiger partial charge >= 0.3 is 6.18 Å². The minimum atomic E-state index is -4.29. The smallest absolute Gasteiger partial charge is 0.324 e. The van der Waals surface area contributed by atoms with Crippen molar-refractivity contribution in [3.63, 3.8) is 0 Å². The van der Waals surface area contributed by atoms with Gasteiger partial charge in [-0.1, -0.05) is 42.8 Å². The topological polar surface area (TPSA) is 26.0 Å². The molecule has 0 spiro atoms. The third-order valence-electron chi connectivity index (χ3n) is 4.50. The summed E-state index contributed by atoms with van der Waals surface area (Å²) in [5.41, 5.74) is 8.38. The maximum Gasteiger partial charge on any atom is 0.416 e. The van der Waals surface area contributed by atoms with Crippen LogP contribution in [0.4, 0.5) is 13.2 Å². The predicted octanol–water partition coefficient (Wildman–Crippen LogP) is 5.17. The van der Waals surface area contributed by atoms with Crippen LogP contribution in [0.25, 0.3) is 11.1 Å². The van der Waals surface area contributed by atoms with Crippen LogP contribution < -0.4 is 5.73 Å². The first kappa shape index (κ1) is 15.1. The first-order valence-corrected chi connectivity index (χ1v) is 7.48. The van der Waals surface area contributed by atoms with Crippen molar-refractivity contribution in [3.8, 4) is 11.1 Å². The van der Waals surface area contributed by atoms with Gasteiger partial charge in [-0.05, 0) is 47.6 Å². The molecule has 116 valence electrons. The average Bonchev–Trinajstić information content (AvgIpc) is 2.45. The van der Waals surface area contributed by atoms with Crippen molar-refractivity contribution in [2.45, 2.75) is 31.5 Å². The number of alkyl halides is 3. The first-order valence-electron chi connectivity index (χ1n) is 7.48. The van der Waals surface area contributed by atoms with E-state index in [9.17, 15) is 13.2 Å². The highest BCUT2D eigenvalue weighted by Crippen LogP contribution is 2.36. The fourth-order valence-corrected chi connectivity index (χ4v) is 2.82. The number of benzene rings is 2. The van der Waals surface area contributed by atoms with Crippen LogP contribution in [0, 0.1) is 5.92 Å². The Balaban J connectivity index is 1.77. The molecular weight excluding hydrogens is 287 g/mol. The highest BCUT2D eigenvalue weighted by atomic mass is 19.4. The summed E-state index contributed by atoms with van der Waals surface area (Å²) in [6.07, 6.45) is -0.677. The number of hydrogen-bond acceptors (Lipinski definition) is 1. The molecule has 0 aromatic heterocycles. The summed E-state index contributed by atoms with van der Waals surface area (Å²) in [5, 5.41) is 0. The molecule has 1 nitrogen and oxygen atoms in total. The number of halogens is 3. The van der Waals surface area contributed by atoms with E-state index in [4.69, 9.17) is 5.73 Å². The van der Waals surface area contributed by atoms with Gasteiger partial charge in [0.05, 0.1) is 5.56 Å². The van der Waals surface area contributed by atoms with E-state index in [2.05, 4.69) is 0 Å². The minimum absolute atomic E-state index is 0.0652. The third-order valence-corrected chi connectivity index (χ3v) is 4.50. The zero-order valence-corrected chi connectivity index (χ0v) is 12.1. The molecule has 2 aromatic rings. The molecule has 1 saturated carbocycles. The van der Waals surface area contributed by atoms with Gasteiger partial charge in [0.1, 0.15) is 0 Å². The summed E-state index contributed by atoms with van der Waals surface area (Å²) < 4.78 is 37.7. The second-order valence-corrected chi connectivity index (χ2v) is 5.91. The number of rotatable bonds is 3. The summed E-state index contributed by atoms with van der Waals surface area (Å²) in [4.78, 5) is 0. The molecule has 3 rings (SSSR count). The lowest BCUT2D eigenvalue weighted by Crippen LogP contribution is -2.26. The summed E-state index contributed by atoms with van der Waals surface area (Å²) in [6, 6.07) is 13.1. The van der Waals surface area contributed by atoms with Crippen LogP contribution in [0.3, 0.4) is 0 Å². The van der Waals surface area contributed by atoms with Crippen molar-refractivity contribution in [1.82, 2.24) is 0 Å². The Morgan fingerprint density at radius 3 is 1.77 bits per heavy atom. The average molecular weight is 305 g/mol. The van der Waals surface area contributed by atoms with E-state index in [1.165, 1.54) is 31.4 Å². The van der Waals surface area contributed by atoms with Gasteiger partial charge in [-0.15, -0.1) is 0 Å². The molecule has 1 atom stereocenters. The van der Waals surface area contributed by atoms with Crippen molar-refractivity contribution in [3.05, 3.63) is 59.7 Å². The summed E-state index contributed by atoms with van der Waals surface area (Å²) in [7, 11) is 0. The van der Waals surface area contributed by atoms with E-state index in [-0.39, 0.29) is 6.04 Å². The van der Waals surface area contributed by atoms with Gasteiger partial charge in [0.2, 0.25) is 0 Å². The second-order valence-electron chi connectivity index (χ2n) is 5.91. The first-order chi connectivity index (χ1) is 10.4. The molecule has 0 saturated heterocycles. The van der Waals surface area contributed by atoms with Gasteiger partial charge in [-0.3, -0.25) is 0 Å². The van der Waals surface area contributed by atoms with Crippen LogP contribution in [0.15, 0.2) is 48.5 Å². The summed E-state index contributed by atoms with van der Waals surface area (Å²) in [5.74, 6) is 0.567. The van der Waals surface area contributed by atoms with Crippen molar-refractivity contribution in [2.75, 3.05) is 0 Å². The SMILES string of the molecule is NC(c1ccc(-c2ccc(C(F)(F)F)cc2)cc1)C1CCC1. The van der Waals surface area contributed by atoms with Crippen LogP contribution in [0.2, 0.25) is 0 Å². The van der Waals surface area contributed by atoms with E-state index < -0.39 is 11.7 Å². The molecule has 0 radical (unpaired) electrons. The third kappa shape index (κ3) is 3.02. The maximum atomic E-state index is 12.6. The molecule has 22 heavy (non-hydrogen) atoms. The van der Waals surface area contributed by atoms with E-state index in [1.54, 1.807) is 0 Å². The number of hydrogen-bond donors (Lipinski definition) is 1. The van der Waals surface area contributed by atoms with Crippen LogP contribution >= 0.6 is 0 Å². The predicted molar refractivity (Wildman–Crippen MR) is 81.1 cm³/mol. The van der Waals surface area contributed by atoms with Crippen molar-refractivity contribution in [1.29, 1.82) is 0 Å². The van der Waals surface area contributed by atoms with Crippen molar-refractivity contribution >= 4 is 0 Å². The summed E-state index contributed by atoms with van der Waals surface area (Å²) >= 11 is 0. The highest BCUT2D eigenvalue weighted by Gasteiger charge is 2.30. The molecule has 1 unspecified atom stereocenters. The minimum Gasteiger partial charge on any atom is -0.324 e. The van der Waals surface area contributed by atoms with E-state index >= 15 is 0 Å². The summed E-state index contributed by atoms with van der Waals surface area (Å²) in [6.45, 7) is 0. The van der Waals surface area contributed by atoms with Crippen LogP contribution in [0.5, 0.6) is 0 Å². The molecule has 0 heterocycles. The zero-order chi connectivity index (χ0) is 15.7. The van der Waals surface area contributed by atoms with Crippen molar-refractivity contribution < 1.29 is 13.2 Å². The van der Waals surface area contributed by atoms with Crippen LogP contribution in [0.1, 0.15) is 36.4 Å². The molecule has 1 aliphatic carbocycles. The van der Waals surface area contributed by atoms with Gasteiger partial charge in [-0.25, -0.2) is 0 Å². The van der Waals surface area contributed by atoms with E-state index in [0.717, 1.165) is 28.8 Å². The van der Waals surface area contributed by atoms with E-state index in [1.807, 2.05) is 24.3 Å². The Hall–Kier alpha value is -1.81. The monoisotopic (exact) mass is 305 g/mol. The maximum absolute atomic E-state index is 12.6. The molecule has 1 aliphatic rings. The quantitative estimate of drug-likeness (QED) is 0.831. The van der Waals surface area contributed by atoms with Crippen molar-refractivity contribution in [2.24, 2.45) is 11.7 Å². The Morgan fingerprint density at radius 2 is 1.36 bits per heavy atom. The van der Waals surface area contributed by atoms with Gasteiger partial charge in [0, 0.05) is 6.04 Å². The molecule has 0 amide bonds.